The largest absolute Gasteiger partial charge is 0.299 e. The number of nitrogens with zero attached hydrogens (tertiary/aromatic N) is 2. The number of hydrogen-bond donors (Lipinski definition) is 0. The summed E-state index contributed by atoms with van der Waals surface area (Å²) in [4.78, 5) is 12.9. The third-order valence-electron chi connectivity index (χ3n) is 2.73. The molecule has 0 saturated heterocycles. The van der Waals surface area contributed by atoms with Crippen molar-refractivity contribution in [2.24, 2.45) is 7.05 Å². The van der Waals surface area contributed by atoms with E-state index >= 15 is 0 Å². The van der Waals surface area contributed by atoms with Crippen LogP contribution < -0.4 is 0 Å². The molecule has 0 unspecified atom stereocenters. The molecule has 0 spiro atoms. The van der Waals surface area contributed by atoms with Gasteiger partial charge in [0.25, 0.3) is 0 Å². The van der Waals surface area contributed by atoms with Crippen LogP contribution in [-0.2, 0) is 18.3 Å². The molecule has 1 aromatic carbocycles. The van der Waals surface area contributed by atoms with E-state index in [9.17, 15) is 4.79 Å². The first kappa shape index (κ1) is 12.9. The van der Waals surface area contributed by atoms with Crippen LogP contribution in [0.5, 0.6) is 0 Å². The fraction of sp³-hybridized carbons (Fsp3) is 0.286. The van der Waals surface area contributed by atoms with Crippen LogP contribution in [0.15, 0.2) is 47.5 Å². The fourth-order valence-corrected chi connectivity index (χ4v) is 2.49. The van der Waals surface area contributed by atoms with Crippen molar-refractivity contribution < 1.29 is 4.79 Å². The predicted octanol–water partition coefficient (Wildman–Crippen LogP) is 2.71. The maximum atomic E-state index is 11.8. The number of hydrogen-bond acceptors (Lipinski definition) is 3. The summed E-state index contributed by atoms with van der Waals surface area (Å²) in [5.41, 5.74) is 1.10. The number of aromatic nitrogens is 2. The van der Waals surface area contributed by atoms with Crippen LogP contribution in [0.4, 0.5) is 0 Å². The van der Waals surface area contributed by atoms with Crippen LogP contribution in [0, 0.1) is 0 Å². The highest BCUT2D eigenvalue weighted by molar-refractivity contribution is 8.00. The van der Waals surface area contributed by atoms with E-state index in [4.69, 9.17) is 0 Å². The first-order valence-electron chi connectivity index (χ1n) is 5.92. The topological polar surface area (TPSA) is 34.9 Å². The summed E-state index contributed by atoms with van der Waals surface area (Å²) in [6.45, 7) is 0. The molecule has 3 nitrogen and oxygen atoms in total. The summed E-state index contributed by atoms with van der Waals surface area (Å²) in [5, 5.41) is 4.09. The minimum absolute atomic E-state index is 0.282. The van der Waals surface area contributed by atoms with Crippen molar-refractivity contribution in [3.63, 3.8) is 0 Å². The Kier molecular flexibility index (Phi) is 4.59. The number of Topliss-reactive ketones (excluding diaryl/α,β-unsaturated/α-hetero) is 1. The Morgan fingerprint density at radius 2 is 2.06 bits per heavy atom. The zero-order valence-electron chi connectivity index (χ0n) is 10.4. The lowest BCUT2D eigenvalue weighted by atomic mass is 10.2. The van der Waals surface area contributed by atoms with Gasteiger partial charge in [0.05, 0.1) is 5.75 Å². The molecule has 0 amide bonds. The molecule has 0 aliphatic heterocycles. The van der Waals surface area contributed by atoms with E-state index in [1.54, 1.807) is 18.0 Å². The molecule has 0 saturated carbocycles. The van der Waals surface area contributed by atoms with Crippen LogP contribution in [0.1, 0.15) is 12.1 Å². The minimum Gasteiger partial charge on any atom is -0.299 e. The molecule has 0 fully saturated rings. The lowest BCUT2D eigenvalue weighted by Crippen LogP contribution is -2.06. The number of thioether (sulfide) groups is 1. The second kappa shape index (κ2) is 6.40. The third kappa shape index (κ3) is 3.74. The van der Waals surface area contributed by atoms with Crippen LogP contribution in [-0.4, -0.2) is 21.3 Å². The van der Waals surface area contributed by atoms with Gasteiger partial charge in [-0.1, -0.05) is 18.2 Å². The second-order valence-corrected chi connectivity index (χ2v) is 5.14. The second-order valence-electron chi connectivity index (χ2n) is 4.09. The van der Waals surface area contributed by atoms with Crippen molar-refractivity contribution in [1.29, 1.82) is 0 Å². The Bertz CT molecular complexity index is 508. The average Bonchev–Trinajstić information content (AvgIpc) is 2.81. The van der Waals surface area contributed by atoms with Crippen molar-refractivity contribution in [3.05, 3.63) is 48.3 Å². The molecule has 0 N–H and O–H groups in total. The lowest BCUT2D eigenvalue weighted by Gasteiger charge is -2.02. The summed E-state index contributed by atoms with van der Waals surface area (Å²) in [5.74, 6) is 0.826. The van der Waals surface area contributed by atoms with Crippen molar-refractivity contribution in [1.82, 2.24) is 9.78 Å². The summed E-state index contributed by atoms with van der Waals surface area (Å²) in [6, 6.07) is 12.0. The van der Waals surface area contributed by atoms with E-state index in [0.29, 0.717) is 12.2 Å². The van der Waals surface area contributed by atoms with Gasteiger partial charge in [-0.15, -0.1) is 11.8 Å². The molecule has 1 heterocycles. The molecule has 0 atom stereocenters. The molecule has 0 aliphatic carbocycles. The third-order valence-corrected chi connectivity index (χ3v) is 3.80. The van der Waals surface area contributed by atoms with E-state index in [1.165, 1.54) is 0 Å². The van der Waals surface area contributed by atoms with Gasteiger partial charge in [-0.2, -0.15) is 5.10 Å². The van der Waals surface area contributed by atoms with E-state index < -0.39 is 0 Å². The molecular weight excluding hydrogens is 244 g/mol. The molecule has 0 bridgehead atoms. The Labute approximate surface area is 111 Å². The number of ketones is 1. The standard InChI is InChI=1S/C14H16N2OS/c1-16-12(9-10-15-16)7-8-13(17)11-18-14-5-3-2-4-6-14/h2-6,9-10H,7-8,11H2,1H3. The SMILES string of the molecule is Cn1nccc1CCC(=O)CSc1ccccc1. The number of carbonyl (C=O) groups excluding carboxylic acids is 1. The molecule has 0 radical (unpaired) electrons. The number of benzene rings is 1. The van der Waals surface area contributed by atoms with E-state index in [1.807, 2.05) is 48.1 Å². The Hall–Kier alpha value is -1.55. The molecule has 18 heavy (non-hydrogen) atoms. The fourth-order valence-electron chi connectivity index (χ4n) is 1.67. The average molecular weight is 260 g/mol. The quantitative estimate of drug-likeness (QED) is 0.749. The zero-order valence-corrected chi connectivity index (χ0v) is 11.2. The summed E-state index contributed by atoms with van der Waals surface area (Å²) in [6.07, 6.45) is 3.11. The Morgan fingerprint density at radius 1 is 1.28 bits per heavy atom. The van der Waals surface area contributed by atoms with Crippen LogP contribution in [0.3, 0.4) is 0 Å². The lowest BCUT2D eigenvalue weighted by molar-refractivity contribution is -0.116. The minimum atomic E-state index is 0.282. The molecular formula is C14H16N2OS. The van der Waals surface area contributed by atoms with Gasteiger partial charge in [-0.05, 0) is 24.6 Å². The van der Waals surface area contributed by atoms with Gasteiger partial charge < -0.3 is 0 Å². The monoisotopic (exact) mass is 260 g/mol. The van der Waals surface area contributed by atoms with E-state index in [2.05, 4.69) is 5.10 Å². The Balaban J connectivity index is 1.75. The molecule has 2 rings (SSSR count). The Morgan fingerprint density at radius 3 is 2.72 bits per heavy atom. The first-order chi connectivity index (χ1) is 8.75. The van der Waals surface area contributed by atoms with Crippen molar-refractivity contribution in [3.8, 4) is 0 Å². The highest BCUT2D eigenvalue weighted by Gasteiger charge is 2.05. The summed E-state index contributed by atoms with van der Waals surface area (Å²) in [7, 11) is 1.90. The highest BCUT2D eigenvalue weighted by Crippen LogP contribution is 2.17. The van der Waals surface area contributed by atoms with Gasteiger partial charge in [0.2, 0.25) is 0 Å². The highest BCUT2D eigenvalue weighted by atomic mass is 32.2. The molecule has 94 valence electrons. The van der Waals surface area contributed by atoms with Gasteiger partial charge in [0, 0.05) is 30.3 Å². The zero-order chi connectivity index (χ0) is 12.8. The van der Waals surface area contributed by atoms with Gasteiger partial charge in [0.1, 0.15) is 5.78 Å². The molecule has 0 aliphatic rings. The number of rotatable bonds is 6. The maximum absolute atomic E-state index is 11.8. The number of aryl methyl sites for hydroxylation is 2. The van der Waals surface area contributed by atoms with Crippen LogP contribution in [0.2, 0.25) is 0 Å². The van der Waals surface area contributed by atoms with E-state index in [0.717, 1.165) is 17.0 Å². The van der Waals surface area contributed by atoms with Gasteiger partial charge >= 0.3 is 0 Å². The van der Waals surface area contributed by atoms with Crippen LogP contribution in [0.25, 0.3) is 0 Å². The number of carbonyl (C=O) groups is 1. The van der Waals surface area contributed by atoms with Gasteiger partial charge in [0.15, 0.2) is 0 Å². The summed E-state index contributed by atoms with van der Waals surface area (Å²) < 4.78 is 1.82. The van der Waals surface area contributed by atoms with Gasteiger partial charge in [-0.3, -0.25) is 9.48 Å². The van der Waals surface area contributed by atoms with E-state index in [-0.39, 0.29) is 5.78 Å². The summed E-state index contributed by atoms with van der Waals surface area (Å²) >= 11 is 1.60. The van der Waals surface area contributed by atoms with Crippen molar-refractivity contribution >= 4 is 17.5 Å². The van der Waals surface area contributed by atoms with Crippen LogP contribution >= 0.6 is 11.8 Å². The van der Waals surface area contributed by atoms with Crippen molar-refractivity contribution in [2.45, 2.75) is 17.7 Å². The predicted molar refractivity (Wildman–Crippen MR) is 73.7 cm³/mol. The van der Waals surface area contributed by atoms with Gasteiger partial charge in [-0.25, -0.2) is 0 Å². The molecule has 4 heteroatoms. The molecule has 1 aromatic heterocycles. The molecule has 2 aromatic rings. The maximum Gasteiger partial charge on any atom is 0.143 e. The van der Waals surface area contributed by atoms with Crippen molar-refractivity contribution in [2.75, 3.05) is 5.75 Å². The smallest absolute Gasteiger partial charge is 0.143 e. The normalized spacial score (nSPS) is 10.5. The first-order valence-corrected chi connectivity index (χ1v) is 6.90.